The summed E-state index contributed by atoms with van der Waals surface area (Å²) < 4.78 is 32.6. The third-order valence-corrected chi connectivity index (χ3v) is 6.73. The number of aromatic hydroxyl groups is 1. The number of aromatic nitrogens is 1. The molecule has 36 heavy (non-hydrogen) atoms. The van der Waals surface area contributed by atoms with Gasteiger partial charge in [-0.15, -0.1) is 0 Å². The molecular weight excluding hydrogens is 492 g/mol. The fourth-order valence-corrected chi connectivity index (χ4v) is 4.97. The van der Waals surface area contributed by atoms with Crippen molar-refractivity contribution in [2.75, 3.05) is 26.3 Å². The largest absolute Gasteiger partial charge is 0.503 e. The SMILES string of the molecule is CCNC1(N(CC)C(=O)c2[nH]cc(C(=N)SC(=N)Cc3ccc(F)cc3F)c(=O)c2O)CCCOC1. The van der Waals surface area contributed by atoms with Gasteiger partial charge in [-0.3, -0.25) is 25.7 Å². The highest BCUT2D eigenvalue weighted by molar-refractivity contribution is 8.26. The van der Waals surface area contributed by atoms with E-state index in [1.54, 1.807) is 6.92 Å². The number of nitrogens with one attached hydrogen (secondary N) is 4. The minimum atomic E-state index is -0.941. The Labute approximate surface area is 211 Å². The standard InChI is InChI=1S/C24H29F2N5O4S/c1-3-30-24(8-5-9-35-13-24)31(4-2)23(34)19-21(33)20(32)16(12-29-19)22(28)36-18(27)10-14-6-7-15(25)11-17(14)26/h6-7,11-12,27-28,30,33H,3-5,8-10,13H2,1-2H3,(H,29,32). The molecule has 194 valence electrons. The van der Waals surface area contributed by atoms with Gasteiger partial charge in [-0.1, -0.05) is 24.8 Å². The number of pyridine rings is 1. The molecular formula is C24H29F2N5O4S. The lowest BCUT2D eigenvalue weighted by Crippen LogP contribution is -2.65. The maximum Gasteiger partial charge on any atom is 0.275 e. The first kappa shape index (κ1) is 27.5. The first-order valence-corrected chi connectivity index (χ1v) is 12.3. The molecule has 1 aromatic carbocycles. The first-order valence-electron chi connectivity index (χ1n) is 11.5. The molecule has 1 aromatic heterocycles. The Bertz CT molecular complexity index is 1210. The predicted octanol–water partition coefficient (Wildman–Crippen LogP) is 3.22. The third-order valence-electron chi connectivity index (χ3n) is 5.91. The maximum absolute atomic E-state index is 13.9. The van der Waals surface area contributed by atoms with Crippen LogP contribution in [0.25, 0.3) is 0 Å². The average molecular weight is 522 g/mol. The van der Waals surface area contributed by atoms with Crippen LogP contribution in [0.4, 0.5) is 8.78 Å². The summed E-state index contributed by atoms with van der Waals surface area (Å²) in [5.74, 6) is -2.98. The second-order valence-electron chi connectivity index (χ2n) is 8.29. The van der Waals surface area contributed by atoms with Crippen LogP contribution in [0.2, 0.25) is 0 Å². The van der Waals surface area contributed by atoms with E-state index >= 15 is 0 Å². The molecule has 1 fully saturated rings. The maximum atomic E-state index is 13.9. The monoisotopic (exact) mass is 521 g/mol. The van der Waals surface area contributed by atoms with Crippen LogP contribution in [0.3, 0.4) is 0 Å². The Morgan fingerprint density at radius 3 is 2.69 bits per heavy atom. The summed E-state index contributed by atoms with van der Waals surface area (Å²) in [4.78, 5) is 30.4. The van der Waals surface area contributed by atoms with Crippen LogP contribution >= 0.6 is 11.8 Å². The topological polar surface area (TPSA) is 142 Å². The minimum absolute atomic E-state index is 0.0698. The lowest BCUT2D eigenvalue weighted by molar-refractivity contribution is -0.0538. The second-order valence-corrected chi connectivity index (χ2v) is 9.39. The predicted molar refractivity (Wildman–Crippen MR) is 134 cm³/mol. The van der Waals surface area contributed by atoms with E-state index in [-0.39, 0.29) is 39.9 Å². The van der Waals surface area contributed by atoms with E-state index in [9.17, 15) is 23.5 Å². The number of benzene rings is 1. The van der Waals surface area contributed by atoms with Crippen LogP contribution in [0.1, 0.15) is 48.3 Å². The summed E-state index contributed by atoms with van der Waals surface area (Å²) >= 11 is 0.590. The molecule has 12 heteroatoms. The summed E-state index contributed by atoms with van der Waals surface area (Å²) in [5, 5.41) is 29.6. The molecule has 1 atom stereocenters. The Hall–Kier alpha value is -3.09. The lowest BCUT2D eigenvalue weighted by Gasteiger charge is -2.46. The number of halogens is 2. The zero-order valence-corrected chi connectivity index (χ0v) is 20.9. The van der Waals surface area contributed by atoms with E-state index in [2.05, 4.69) is 10.3 Å². The van der Waals surface area contributed by atoms with Crippen molar-refractivity contribution in [3.63, 3.8) is 0 Å². The number of carbonyl (C=O) groups excluding carboxylic acids is 1. The molecule has 1 aliphatic rings. The molecule has 2 heterocycles. The van der Waals surface area contributed by atoms with Crippen molar-refractivity contribution in [2.24, 2.45) is 0 Å². The van der Waals surface area contributed by atoms with Gasteiger partial charge in [0.1, 0.15) is 22.3 Å². The quantitative estimate of drug-likeness (QED) is 0.205. The number of likely N-dealkylation sites (N-methyl/N-ethyl adjacent to an activating group) is 2. The van der Waals surface area contributed by atoms with E-state index in [4.69, 9.17) is 15.6 Å². The van der Waals surface area contributed by atoms with Crippen molar-refractivity contribution in [3.05, 3.63) is 63.1 Å². The summed E-state index contributed by atoms with van der Waals surface area (Å²) in [7, 11) is 0. The first-order chi connectivity index (χ1) is 17.1. The van der Waals surface area contributed by atoms with E-state index in [0.717, 1.165) is 18.7 Å². The lowest BCUT2D eigenvalue weighted by atomic mass is 9.99. The molecule has 0 radical (unpaired) electrons. The van der Waals surface area contributed by atoms with E-state index < -0.39 is 34.4 Å². The molecule has 1 saturated heterocycles. The molecule has 0 spiro atoms. The highest BCUT2D eigenvalue weighted by Gasteiger charge is 2.41. The van der Waals surface area contributed by atoms with Gasteiger partial charge >= 0.3 is 0 Å². The zero-order valence-electron chi connectivity index (χ0n) is 20.0. The van der Waals surface area contributed by atoms with Gasteiger partial charge in [-0.25, -0.2) is 8.78 Å². The van der Waals surface area contributed by atoms with Gasteiger partial charge in [-0.05, 0) is 37.9 Å². The summed E-state index contributed by atoms with van der Waals surface area (Å²) in [6.07, 6.45) is 2.31. The van der Waals surface area contributed by atoms with Crippen molar-refractivity contribution in [2.45, 2.75) is 38.8 Å². The van der Waals surface area contributed by atoms with Crippen LogP contribution in [0, 0.1) is 22.5 Å². The fourth-order valence-electron chi connectivity index (χ4n) is 4.24. The highest BCUT2D eigenvalue weighted by Crippen LogP contribution is 2.27. The third kappa shape index (κ3) is 5.82. The number of hydrogen-bond donors (Lipinski definition) is 5. The van der Waals surface area contributed by atoms with E-state index in [0.29, 0.717) is 43.9 Å². The van der Waals surface area contributed by atoms with Gasteiger partial charge in [-0.2, -0.15) is 0 Å². The molecule has 5 N–H and O–H groups in total. The van der Waals surface area contributed by atoms with Gasteiger partial charge in [0.2, 0.25) is 5.43 Å². The van der Waals surface area contributed by atoms with Crippen LogP contribution in [-0.4, -0.2) is 63.0 Å². The number of nitrogens with zero attached hydrogens (tertiary/aromatic N) is 1. The smallest absolute Gasteiger partial charge is 0.275 e. The van der Waals surface area contributed by atoms with E-state index in [1.807, 2.05) is 6.92 Å². The van der Waals surface area contributed by atoms with Gasteiger partial charge < -0.3 is 19.7 Å². The molecule has 3 rings (SSSR count). The van der Waals surface area contributed by atoms with Crippen LogP contribution < -0.4 is 10.7 Å². The molecule has 1 amide bonds. The van der Waals surface area contributed by atoms with Crippen LogP contribution in [0.5, 0.6) is 5.75 Å². The second kappa shape index (κ2) is 11.8. The number of amides is 1. The summed E-state index contributed by atoms with van der Waals surface area (Å²) in [6.45, 7) is 5.42. The number of H-pyrrole nitrogens is 1. The normalized spacial score (nSPS) is 17.6. The molecule has 0 bridgehead atoms. The number of rotatable bonds is 8. The summed E-state index contributed by atoms with van der Waals surface area (Å²) in [5.41, 5.74) is -2.21. The van der Waals surface area contributed by atoms with Gasteiger partial charge in [0.05, 0.1) is 17.2 Å². The number of ether oxygens (including phenoxy) is 1. The average Bonchev–Trinajstić information content (AvgIpc) is 2.83. The Kier molecular flexibility index (Phi) is 8.98. The van der Waals surface area contributed by atoms with Crippen molar-refractivity contribution in [1.82, 2.24) is 15.2 Å². The number of carbonyl (C=O) groups is 1. The van der Waals surface area contributed by atoms with Gasteiger partial charge in [0.15, 0.2) is 11.4 Å². The Balaban J connectivity index is 1.80. The van der Waals surface area contributed by atoms with Crippen LogP contribution in [-0.2, 0) is 11.2 Å². The molecule has 2 aromatic rings. The van der Waals surface area contributed by atoms with Crippen molar-refractivity contribution in [3.8, 4) is 5.75 Å². The fraction of sp³-hybridized carbons (Fsp3) is 0.417. The zero-order chi connectivity index (χ0) is 26.5. The minimum Gasteiger partial charge on any atom is -0.503 e. The summed E-state index contributed by atoms with van der Waals surface area (Å²) in [6, 6.07) is 2.98. The highest BCUT2D eigenvalue weighted by atomic mass is 32.2. The molecule has 1 unspecified atom stereocenters. The molecule has 1 aliphatic heterocycles. The van der Waals surface area contributed by atoms with Gasteiger partial charge in [0.25, 0.3) is 5.91 Å². The van der Waals surface area contributed by atoms with Crippen molar-refractivity contribution >= 4 is 27.8 Å². The molecule has 9 nitrogen and oxygen atoms in total. The van der Waals surface area contributed by atoms with Gasteiger partial charge in [0, 0.05) is 31.8 Å². The van der Waals surface area contributed by atoms with Crippen molar-refractivity contribution < 1.29 is 23.4 Å². The Morgan fingerprint density at radius 2 is 2.08 bits per heavy atom. The Morgan fingerprint density at radius 1 is 1.33 bits per heavy atom. The van der Waals surface area contributed by atoms with Crippen molar-refractivity contribution in [1.29, 1.82) is 10.8 Å². The number of aromatic amines is 1. The van der Waals surface area contributed by atoms with Crippen LogP contribution in [0.15, 0.2) is 29.2 Å². The molecule has 0 aliphatic carbocycles. The number of thioether (sulfide) groups is 1. The molecule has 0 saturated carbocycles. The van der Waals surface area contributed by atoms with E-state index in [1.165, 1.54) is 11.0 Å². The number of hydrogen-bond acceptors (Lipinski definition) is 8.